The van der Waals surface area contributed by atoms with Crippen molar-refractivity contribution < 1.29 is 4.74 Å². The molecule has 0 amide bonds. The van der Waals surface area contributed by atoms with Gasteiger partial charge in [0.2, 0.25) is 0 Å². The van der Waals surface area contributed by atoms with Crippen molar-refractivity contribution in [3.63, 3.8) is 0 Å². The van der Waals surface area contributed by atoms with Crippen molar-refractivity contribution in [3.05, 3.63) is 0 Å². The monoisotopic (exact) mass is 270 g/mol. The summed E-state index contributed by atoms with van der Waals surface area (Å²) in [6.45, 7) is 13.7. The van der Waals surface area contributed by atoms with Crippen LogP contribution in [0.2, 0.25) is 0 Å². The van der Waals surface area contributed by atoms with E-state index in [9.17, 15) is 0 Å². The Bertz CT molecular complexity index is 229. The van der Waals surface area contributed by atoms with Gasteiger partial charge in [0.25, 0.3) is 0 Å². The minimum Gasteiger partial charge on any atom is -0.384 e. The van der Waals surface area contributed by atoms with E-state index in [4.69, 9.17) is 4.74 Å². The molecule has 1 fully saturated rings. The molecule has 0 bridgehead atoms. The van der Waals surface area contributed by atoms with Gasteiger partial charge in [-0.25, -0.2) is 0 Å². The molecule has 0 aliphatic carbocycles. The summed E-state index contributed by atoms with van der Waals surface area (Å²) in [5.74, 6) is 0.788. The minimum absolute atomic E-state index is 0.252. The van der Waals surface area contributed by atoms with Gasteiger partial charge in [0.15, 0.2) is 0 Å². The van der Waals surface area contributed by atoms with E-state index in [1.807, 2.05) is 7.11 Å². The maximum absolute atomic E-state index is 5.26. The number of piperidine rings is 1. The van der Waals surface area contributed by atoms with E-state index in [1.54, 1.807) is 0 Å². The zero-order valence-corrected chi connectivity index (χ0v) is 13.7. The number of likely N-dealkylation sites (tertiary alicyclic amines) is 1. The summed E-state index contributed by atoms with van der Waals surface area (Å²) in [6, 6.07) is 0.727. The first-order chi connectivity index (χ1) is 8.92. The average molecular weight is 270 g/mol. The van der Waals surface area contributed by atoms with Crippen LogP contribution in [0.5, 0.6) is 0 Å². The highest BCUT2D eigenvalue weighted by Crippen LogP contribution is 2.20. The molecular formula is C16H34N2O. The SMILES string of the molecule is COCC1CCN(C(C)CCCNC(C)(C)C)CC1. The summed E-state index contributed by atoms with van der Waals surface area (Å²) in [7, 11) is 1.82. The summed E-state index contributed by atoms with van der Waals surface area (Å²) in [5, 5.41) is 3.57. The molecule has 0 spiro atoms. The second-order valence-electron chi connectivity index (χ2n) is 7.10. The van der Waals surface area contributed by atoms with Crippen LogP contribution in [0.4, 0.5) is 0 Å². The predicted molar refractivity (Wildman–Crippen MR) is 82.6 cm³/mol. The lowest BCUT2D eigenvalue weighted by molar-refractivity contribution is 0.0808. The van der Waals surface area contributed by atoms with Gasteiger partial charge in [-0.05, 0) is 78.9 Å². The van der Waals surface area contributed by atoms with Crippen LogP contribution < -0.4 is 5.32 Å². The molecule has 3 heteroatoms. The van der Waals surface area contributed by atoms with Crippen LogP contribution in [0, 0.1) is 5.92 Å². The van der Waals surface area contributed by atoms with Crippen molar-refractivity contribution >= 4 is 0 Å². The molecule has 1 atom stereocenters. The molecule has 1 heterocycles. The second-order valence-corrected chi connectivity index (χ2v) is 7.10. The summed E-state index contributed by atoms with van der Waals surface area (Å²) in [5.41, 5.74) is 0.252. The molecule has 19 heavy (non-hydrogen) atoms. The highest BCUT2D eigenvalue weighted by atomic mass is 16.5. The molecule has 0 radical (unpaired) electrons. The van der Waals surface area contributed by atoms with Gasteiger partial charge in [0, 0.05) is 25.3 Å². The Kier molecular flexibility index (Phi) is 7.33. The molecule has 3 nitrogen and oxygen atoms in total. The van der Waals surface area contributed by atoms with Gasteiger partial charge in [0.1, 0.15) is 0 Å². The fourth-order valence-electron chi connectivity index (χ4n) is 2.84. The van der Waals surface area contributed by atoms with E-state index in [0.29, 0.717) is 0 Å². The number of methoxy groups -OCH3 is 1. The number of nitrogens with one attached hydrogen (secondary N) is 1. The van der Waals surface area contributed by atoms with E-state index >= 15 is 0 Å². The summed E-state index contributed by atoms with van der Waals surface area (Å²) >= 11 is 0. The molecule has 1 aliphatic rings. The molecule has 0 aromatic heterocycles. The van der Waals surface area contributed by atoms with Gasteiger partial charge >= 0.3 is 0 Å². The lowest BCUT2D eigenvalue weighted by Gasteiger charge is -2.36. The van der Waals surface area contributed by atoms with Gasteiger partial charge in [0.05, 0.1) is 0 Å². The van der Waals surface area contributed by atoms with Gasteiger partial charge in [-0.1, -0.05) is 0 Å². The largest absolute Gasteiger partial charge is 0.384 e. The Labute approximate surface area is 120 Å². The van der Waals surface area contributed by atoms with Crippen LogP contribution in [0.3, 0.4) is 0 Å². The molecule has 1 N–H and O–H groups in total. The van der Waals surface area contributed by atoms with Crippen molar-refractivity contribution in [3.8, 4) is 0 Å². The third kappa shape index (κ3) is 7.28. The van der Waals surface area contributed by atoms with Gasteiger partial charge < -0.3 is 15.0 Å². The number of rotatable bonds is 7. The van der Waals surface area contributed by atoms with Crippen LogP contribution in [-0.2, 0) is 4.74 Å². The van der Waals surface area contributed by atoms with Crippen LogP contribution in [0.15, 0.2) is 0 Å². The molecule has 0 aromatic rings. The Morgan fingerprint density at radius 1 is 1.26 bits per heavy atom. The third-order valence-corrected chi connectivity index (χ3v) is 4.13. The zero-order valence-electron chi connectivity index (χ0n) is 13.7. The van der Waals surface area contributed by atoms with E-state index < -0.39 is 0 Å². The number of hydrogen-bond donors (Lipinski definition) is 1. The summed E-state index contributed by atoms with van der Waals surface area (Å²) < 4.78 is 5.26. The summed E-state index contributed by atoms with van der Waals surface area (Å²) in [6.07, 6.45) is 5.19. The Hall–Kier alpha value is -0.120. The van der Waals surface area contributed by atoms with Crippen molar-refractivity contribution in [1.29, 1.82) is 0 Å². The second kappa shape index (κ2) is 8.23. The predicted octanol–water partition coefficient (Wildman–Crippen LogP) is 2.90. The van der Waals surface area contributed by atoms with E-state index in [1.165, 1.54) is 38.8 Å². The standard InChI is InChI=1S/C16H34N2O/c1-14(7-6-10-17-16(2,3)4)18-11-8-15(9-12-18)13-19-5/h14-15,17H,6-13H2,1-5H3. The topological polar surface area (TPSA) is 24.5 Å². The Morgan fingerprint density at radius 2 is 1.89 bits per heavy atom. The number of nitrogens with zero attached hydrogens (tertiary/aromatic N) is 1. The minimum atomic E-state index is 0.252. The molecule has 114 valence electrons. The molecular weight excluding hydrogens is 236 g/mol. The molecule has 1 rings (SSSR count). The highest BCUT2D eigenvalue weighted by Gasteiger charge is 2.22. The first kappa shape index (κ1) is 16.9. The quantitative estimate of drug-likeness (QED) is 0.720. The maximum Gasteiger partial charge on any atom is 0.0491 e. The first-order valence-corrected chi connectivity index (χ1v) is 7.90. The normalized spacial score (nSPS) is 20.7. The molecule has 1 unspecified atom stereocenters. The van der Waals surface area contributed by atoms with Crippen LogP contribution >= 0.6 is 0 Å². The third-order valence-electron chi connectivity index (χ3n) is 4.13. The van der Waals surface area contributed by atoms with E-state index in [0.717, 1.165) is 25.1 Å². The molecule has 0 saturated carbocycles. The fraction of sp³-hybridized carbons (Fsp3) is 1.00. The summed E-state index contributed by atoms with van der Waals surface area (Å²) in [4.78, 5) is 2.66. The Balaban J connectivity index is 2.12. The highest BCUT2D eigenvalue weighted by molar-refractivity contribution is 4.77. The van der Waals surface area contributed by atoms with Gasteiger partial charge in [-0.3, -0.25) is 0 Å². The zero-order chi connectivity index (χ0) is 14.3. The van der Waals surface area contributed by atoms with Gasteiger partial charge in [-0.2, -0.15) is 0 Å². The van der Waals surface area contributed by atoms with Gasteiger partial charge in [-0.15, -0.1) is 0 Å². The van der Waals surface area contributed by atoms with E-state index in [-0.39, 0.29) is 5.54 Å². The average Bonchev–Trinajstić information content (AvgIpc) is 2.34. The lowest BCUT2D eigenvalue weighted by Crippen LogP contribution is -2.41. The Morgan fingerprint density at radius 3 is 2.42 bits per heavy atom. The van der Waals surface area contributed by atoms with Crippen LogP contribution in [0.25, 0.3) is 0 Å². The maximum atomic E-state index is 5.26. The molecule has 0 aromatic carbocycles. The number of ether oxygens (including phenoxy) is 1. The lowest BCUT2D eigenvalue weighted by atomic mass is 9.96. The fourth-order valence-corrected chi connectivity index (χ4v) is 2.84. The van der Waals surface area contributed by atoms with Crippen molar-refractivity contribution in [2.45, 2.75) is 65.0 Å². The number of hydrogen-bond acceptors (Lipinski definition) is 3. The van der Waals surface area contributed by atoms with Crippen molar-refractivity contribution in [1.82, 2.24) is 10.2 Å². The molecule has 1 aliphatic heterocycles. The first-order valence-electron chi connectivity index (χ1n) is 7.90. The van der Waals surface area contributed by atoms with Crippen molar-refractivity contribution in [2.24, 2.45) is 5.92 Å². The van der Waals surface area contributed by atoms with E-state index in [2.05, 4.69) is 37.9 Å². The van der Waals surface area contributed by atoms with Crippen LogP contribution in [0.1, 0.15) is 53.4 Å². The van der Waals surface area contributed by atoms with Crippen molar-refractivity contribution in [2.75, 3.05) is 33.4 Å². The van der Waals surface area contributed by atoms with Crippen LogP contribution in [-0.4, -0.2) is 49.8 Å². The molecule has 1 saturated heterocycles. The smallest absolute Gasteiger partial charge is 0.0491 e.